The van der Waals surface area contributed by atoms with Crippen molar-refractivity contribution >= 4 is 22.5 Å². The van der Waals surface area contributed by atoms with Gasteiger partial charge < -0.3 is 10.1 Å². The van der Waals surface area contributed by atoms with Crippen molar-refractivity contribution in [1.82, 2.24) is 4.98 Å². The van der Waals surface area contributed by atoms with Gasteiger partial charge in [-0.2, -0.15) is 0 Å². The van der Waals surface area contributed by atoms with Crippen molar-refractivity contribution in [1.29, 1.82) is 0 Å². The van der Waals surface area contributed by atoms with Gasteiger partial charge in [0, 0.05) is 10.4 Å². The van der Waals surface area contributed by atoms with Crippen molar-refractivity contribution in [3.63, 3.8) is 0 Å². The van der Waals surface area contributed by atoms with Crippen LogP contribution in [0.15, 0.2) is 23.0 Å². The molecule has 0 saturated carbocycles. The predicted molar refractivity (Wildman–Crippen MR) is 83.7 cm³/mol. The largest absolute Gasteiger partial charge is 0.503 e. The molecule has 2 aromatic rings. The van der Waals surface area contributed by atoms with Gasteiger partial charge >= 0.3 is 0 Å². The van der Waals surface area contributed by atoms with Crippen LogP contribution in [0.3, 0.4) is 0 Å². The van der Waals surface area contributed by atoms with Crippen molar-refractivity contribution in [2.75, 3.05) is 0 Å². The van der Waals surface area contributed by atoms with Crippen LogP contribution < -0.4 is 5.43 Å². The summed E-state index contributed by atoms with van der Waals surface area (Å²) in [5.74, 6) is -0.157. The Morgan fingerprint density at radius 1 is 1.20 bits per heavy atom. The standard InChI is InChI=1S/C16H20ClNO2/c1-2-3-4-5-6-7-13-16(20)15(19)12-9-8-11(17)10-14(12)18-13/h8-10,20H,2-7H2,1H3,(H,18,19). The predicted octanol–water partition coefficient (Wildman–Crippen LogP) is 4.40. The van der Waals surface area contributed by atoms with E-state index < -0.39 is 0 Å². The second-order valence-corrected chi connectivity index (χ2v) is 5.57. The maximum absolute atomic E-state index is 12.1. The highest BCUT2D eigenvalue weighted by molar-refractivity contribution is 6.31. The third-order valence-corrected chi connectivity index (χ3v) is 3.78. The number of aromatic amines is 1. The molecule has 0 aliphatic carbocycles. The summed E-state index contributed by atoms with van der Waals surface area (Å²) >= 11 is 5.94. The first-order valence-corrected chi connectivity index (χ1v) is 7.54. The Bertz CT molecular complexity index is 649. The molecule has 108 valence electrons. The van der Waals surface area contributed by atoms with E-state index in [1.54, 1.807) is 18.2 Å². The molecule has 3 nitrogen and oxygen atoms in total. The smallest absolute Gasteiger partial charge is 0.231 e. The summed E-state index contributed by atoms with van der Waals surface area (Å²) in [4.78, 5) is 15.2. The number of hydrogen-bond acceptors (Lipinski definition) is 2. The molecule has 4 heteroatoms. The number of benzene rings is 1. The first-order valence-electron chi connectivity index (χ1n) is 7.17. The van der Waals surface area contributed by atoms with Gasteiger partial charge in [-0.3, -0.25) is 4.79 Å². The maximum Gasteiger partial charge on any atom is 0.231 e. The molecule has 0 fully saturated rings. The Kier molecular flexibility index (Phi) is 5.07. The average Bonchev–Trinajstić information content (AvgIpc) is 2.43. The molecule has 0 saturated heterocycles. The van der Waals surface area contributed by atoms with Gasteiger partial charge in [0.1, 0.15) is 0 Å². The van der Waals surface area contributed by atoms with Gasteiger partial charge in [-0.1, -0.05) is 44.2 Å². The number of rotatable bonds is 6. The van der Waals surface area contributed by atoms with Gasteiger partial charge in [0.05, 0.1) is 11.2 Å². The summed E-state index contributed by atoms with van der Waals surface area (Å²) in [5, 5.41) is 11.0. The molecular weight excluding hydrogens is 274 g/mol. The lowest BCUT2D eigenvalue weighted by Gasteiger charge is -2.07. The Morgan fingerprint density at radius 2 is 1.95 bits per heavy atom. The molecule has 0 unspecified atom stereocenters. The van der Waals surface area contributed by atoms with E-state index in [0.717, 1.165) is 12.8 Å². The summed E-state index contributed by atoms with van der Waals surface area (Å²) in [6, 6.07) is 5.02. The van der Waals surface area contributed by atoms with Crippen LogP contribution in [0.5, 0.6) is 5.75 Å². The van der Waals surface area contributed by atoms with E-state index in [1.807, 2.05) is 0 Å². The van der Waals surface area contributed by atoms with Gasteiger partial charge in [0.25, 0.3) is 0 Å². The molecule has 2 rings (SSSR count). The minimum Gasteiger partial charge on any atom is -0.503 e. The molecule has 20 heavy (non-hydrogen) atoms. The number of aromatic hydroxyl groups is 1. The van der Waals surface area contributed by atoms with Crippen molar-refractivity contribution in [3.05, 3.63) is 39.1 Å². The Hall–Kier alpha value is -1.48. The van der Waals surface area contributed by atoms with E-state index >= 15 is 0 Å². The molecule has 0 amide bonds. The molecule has 0 spiro atoms. The third kappa shape index (κ3) is 3.34. The van der Waals surface area contributed by atoms with Crippen LogP contribution in [0.1, 0.15) is 44.7 Å². The van der Waals surface area contributed by atoms with Crippen LogP contribution in [0.25, 0.3) is 10.9 Å². The van der Waals surface area contributed by atoms with E-state index in [1.165, 1.54) is 19.3 Å². The normalized spacial score (nSPS) is 11.1. The quantitative estimate of drug-likeness (QED) is 0.776. The summed E-state index contributed by atoms with van der Waals surface area (Å²) in [6.07, 6.45) is 6.40. The molecule has 0 radical (unpaired) electrons. The molecule has 2 N–H and O–H groups in total. The molecule has 0 aliphatic rings. The molecule has 0 atom stereocenters. The number of hydrogen-bond donors (Lipinski definition) is 2. The fraction of sp³-hybridized carbons (Fsp3) is 0.438. The van der Waals surface area contributed by atoms with Crippen molar-refractivity contribution < 1.29 is 5.11 Å². The van der Waals surface area contributed by atoms with Gasteiger partial charge in [0.15, 0.2) is 5.75 Å². The first-order chi connectivity index (χ1) is 9.63. The monoisotopic (exact) mass is 293 g/mol. The second-order valence-electron chi connectivity index (χ2n) is 5.14. The molecule has 0 bridgehead atoms. The highest BCUT2D eigenvalue weighted by Gasteiger charge is 2.10. The number of H-pyrrole nitrogens is 1. The van der Waals surface area contributed by atoms with E-state index in [2.05, 4.69) is 11.9 Å². The number of nitrogens with one attached hydrogen (secondary N) is 1. The zero-order chi connectivity index (χ0) is 14.5. The molecule has 0 aliphatic heterocycles. The fourth-order valence-corrected chi connectivity index (χ4v) is 2.56. The summed E-state index contributed by atoms with van der Waals surface area (Å²) in [7, 11) is 0. The van der Waals surface area contributed by atoms with Crippen molar-refractivity contribution in [2.24, 2.45) is 0 Å². The number of pyridine rings is 1. The number of aryl methyl sites for hydroxylation is 1. The number of fused-ring (bicyclic) bond motifs is 1. The highest BCUT2D eigenvalue weighted by atomic mass is 35.5. The summed E-state index contributed by atoms with van der Waals surface area (Å²) in [6.45, 7) is 2.18. The van der Waals surface area contributed by atoms with E-state index in [9.17, 15) is 9.90 Å². The SMILES string of the molecule is CCCCCCCc1[nH]c2cc(Cl)ccc2c(=O)c1O. The Balaban J connectivity index is 2.21. The highest BCUT2D eigenvalue weighted by Crippen LogP contribution is 2.21. The van der Waals surface area contributed by atoms with E-state index in [0.29, 0.717) is 28.0 Å². The topological polar surface area (TPSA) is 53.1 Å². The average molecular weight is 294 g/mol. The number of halogens is 1. The zero-order valence-electron chi connectivity index (χ0n) is 11.7. The first kappa shape index (κ1) is 14.9. The lowest BCUT2D eigenvalue weighted by molar-refractivity contribution is 0.458. The van der Waals surface area contributed by atoms with Crippen LogP contribution in [-0.2, 0) is 6.42 Å². The lowest BCUT2D eigenvalue weighted by Crippen LogP contribution is -2.07. The van der Waals surface area contributed by atoms with Crippen LogP contribution in [0.2, 0.25) is 5.02 Å². The molecular formula is C16H20ClNO2. The lowest BCUT2D eigenvalue weighted by atomic mass is 10.1. The zero-order valence-corrected chi connectivity index (χ0v) is 12.5. The molecule has 1 heterocycles. The number of unbranched alkanes of at least 4 members (excludes halogenated alkanes) is 4. The van der Waals surface area contributed by atoms with Crippen LogP contribution in [0.4, 0.5) is 0 Å². The van der Waals surface area contributed by atoms with Crippen LogP contribution >= 0.6 is 11.6 Å². The van der Waals surface area contributed by atoms with Gasteiger partial charge in [-0.15, -0.1) is 0 Å². The van der Waals surface area contributed by atoms with Gasteiger partial charge in [-0.05, 0) is 31.0 Å². The maximum atomic E-state index is 12.1. The van der Waals surface area contributed by atoms with Gasteiger partial charge in [-0.25, -0.2) is 0 Å². The number of aromatic nitrogens is 1. The fourth-order valence-electron chi connectivity index (χ4n) is 2.39. The van der Waals surface area contributed by atoms with Crippen molar-refractivity contribution in [2.45, 2.75) is 45.4 Å². The van der Waals surface area contributed by atoms with E-state index in [-0.39, 0.29) is 11.2 Å². The van der Waals surface area contributed by atoms with Crippen LogP contribution in [-0.4, -0.2) is 10.1 Å². The minimum absolute atomic E-state index is 0.157. The van der Waals surface area contributed by atoms with E-state index in [4.69, 9.17) is 11.6 Å². The summed E-state index contributed by atoms with van der Waals surface area (Å²) in [5.41, 5.74) is 0.976. The summed E-state index contributed by atoms with van der Waals surface area (Å²) < 4.78 is 0. The minimum atomic E-state index is -0.320. The Morgan fingerprint density at radius 3 is 2.70 bits per heavy atom. The van der Waals surface area contributed by atoms with Gasteiger partial charge in [0.2, 0.25) is 5.43 Å². The third-order valence-electron chi connectivity index (χ3n) is 3.54. The van der Waals surface area contributed by atoms with Crippen molar-refractivity contribution in [3.8, 4) is 5.75 Å². The van der Waals surface area contributed by atoms with Crippen LogP contribution in [0, 0.1) is 0 Å². The molecule has 1 aromatic heterocycles. The molecule has 1 aromatic carbocycles. The Labute approximate surface area is 123 Å². The second kappa shape index (κ2) is 6.80.